The number of piperidine rings is 2. The third-order valence-corrected chi connectivity index (χ3v) is 8.88. The van der Waals surface area contributed by atoms with Crippen LogP contribution in [-0.2, 0) is 0 Å². The zero-order chi connectivity index (χ0) is 17.9. The SMILES string of the molecule is CC(C)N1CCC2(CC1)CC(N1CCC3(CC1)CC(C(C)(C)C)C3)C2. The van der Waals surface area contributed by atoms with Crippen molar-refractivity contribution < 1.29 is 0 Å². The maximum absolute atomic E-state index is 2.88. The second-order valence-electron chi connectivity index (χ2n) is 11.7. The molecule has 2 saturated carbocycles. The molecule has 4 fully saturated rings. The molecule has 0 bridgehead atoms. The fourth-order valence-electron chi connectivity index (χ4n) is 6.49. The second-order valence-corrected chi connectivity index (χ2v) is 11.7. The lowest BCUT2D eigenvalue weighted by Crippen LogP contribution is -2.58. The number of nitrogens with zero attached hydrogens (tertiary/aromatic N) is 2. The molecule has 0 N–H and O–H groups in total. The summed E-state index contributed by atoms with van der Waals surface area (Å²) in [7, 11) is 0. The molecule has 0 aromatic carbocycles. The molecule has 0 atom stereocenters. The van der Waals surface area contributed by atoms with Crippen molar-refractivity contribution in [2.24, 2.45) is 22.2 Å². The molecule has 2 aliphatic heterocycles. The van der Waals surface area contributed by atoms with Crippen molar-refractivity contribution in [2.75, 3.05) is 26.2 Å². The molecule has 4 rings (SSSR count). The van der Waals surface area contributed by atoms with E-state index in [1.807, 2.05) is 0 Å². The molecule has 4 aliphatic rings. The molecular weight excluding hydrogens is 304 g/mol. The Morgan fingerprint density at radius 2 is 1.24 bits per heavy atom. The topological polar surface area (TPSA) is 6.48 Å². The van der Waals surface area contributed by atoms with Crippen LogP contribution in [0.1, 0.15) is 86.0 Å². The highest BCUT2D eigenvalue weighted by atomic mass is 15.2. The van der Waals surface area contributed by atoms with E-state index in [0.29, 0.717) is 5.41 Å². The first kappa shape index (κ1) is 18.3. The van der Waals surface area contributed by atoms with Crippen molar-refractivity contribution in [3.63, 3.8) is 0 Å². The van der Waals surface area contributed by atoms with Crippen LogP contribution >= 0.6 is 0 Å². The van der Waals surface area contributed by atoms with Crippen LogP contribution in [0.25, 0.3) is 0 Å². The van der Waals surface area contributed by atoms with Crippen molar-refractivity contribution in [1.82, 2.24) is 9.80 Å². The molecule has 2 nitrogen and oxygen atoms in total. The van der Waals surface area contributed by atoms with Gasteiger partial charge in [-0.05, 0) is 114 Å². The van der Waals surface area contributed by atoms with Gasteiger partial charge in [-0.3, -0.25) is 0 Å². The maximum atomic E-state index is 2.88. The van der Waals surface area contributed by atoms with E-state index in [-0.39, 0.29) is 0 Å². The van der Waals surface area contributed by atoms with Gasteiger partial charge in [-0.1, -0.05) is 20.8 Å². The Morgan fingerprint density at radius 3 is 1.72 bits per heavy atom. The van der Waals surface area contributed by atoms with E-state index in [9.17, 15) is 0 Å². The van der Waals surface area contributed by atoms with Crippen molar-refractivity contribution in [3.05, 3.63) is 0 Å². The molecule has 0 radical (unpaired) electrons. The van der Waals surface area contributed by atoms with Gasteiger partial charge in [0, 0.05) is 12.1 Å². The quantitative estimate of drug-likeness (QED) is 0.680. The Morgan fingerprint density at radius 1 is 0.760 bits per heavy atom. The molecule has 0 unspecified atom stereocenters. The van der Waals surface area contributed by atoms with Crippen LogP contribution in [0.4, 0.5) is 0 Å². The molecule has 2 heteroatoms. The van der Waals surface area contributed by atoms with Gasteiger partial charge in [-0.15, -0.1) is 0 Å². The summed E-state index contributed by atoms with van der Waals surface area (Å²) >= 11 is 0. The van der Waals surface area contributed by atoms with Crippen LogP contribution in [0, 0.1) is 22.2 Å². The van der Waals surface area contributed by atoms with Crippen molar-refractivity contribution >= 4 is 0 Å². The van der Waals surface area contributed by atoms with Crippen LogP contribution in [0.3, 0.4) is 0 Å². The van der Waals surface area contributed by atoms with Crippen LogP contribution in [0.15, 0.2) is 0 Å². The minimum absolute atomic E-state index is 0.535. The number of likely N-dealkylation sites (tertiary alicyclic amines) is 2. The Kier molecular flexibility index (Phi) is 4.56. The van der Waals surface area contributed by atoms with Crippen molar-refractivity contribution in [3.8, 4) is 0 Å². The largest absolute Gasteiger partial charge is 0.301 e. The molecule has 0 aromatic rings. The highest BCUT2D eigenvalue weighted by Gasteiger charge is 2.52. The van der Waals surface area contributed by atoms with Crippen molar-refractivity contribution in [1.29, 1.82) is 0 Å². The van der Waals surface area contributed by atoms with Gasteiger partial charge in [0.15, 0.2) is 0 Å². The molecule has 0 amide bonds. The van der Waals surface area contributed by atoms with Gasteiger partial charge in [-0.25, -0.2) is 0 Å². The first-order valence-electron chi connectivity index (χ1n) is 11.2. The highest BCUT2D eigenvalue weighted by Crippen LogP contribution is 2.59. The Labute approximate surface area is 156 Å². The third-order valence-electron chi connectivity index (χ3n) is 8.88. The summed E-state index contributed by atoms with van der Waals surface area (Å²) in [5, 5.41) is 0. The van der Waals surface area contributed by atoms with Gasteiger partial charge in [0.2, 0.25) is 0 Å². The Bertz CT molecular complexity index is 457. The third kappa shape index (κ3) is 3.43. The average molecular weight is 347 g/mol. The van der Waals surface area contributed by atoms with E-state index in [0.717, 1.165) is 28.8 Å². The predicted molar refractivity (Wildman–Crippen MR) is 107 cm³/mol. The lowest BCUT2D eigenvalue weighted by Gasteiger charge is -2.60. The molecule has 2 heterocycles. The molecular formula is C23H42N2. The molecule has 144 valence electrons. The summed E-state index contributed by atoms with van der Waals surface area (Å²) in [5.41, 5.74) is 2.02. The molecule has 2 spiro atoms. The Balaban J connectivity index is 1.21. The van der Waals surface area contributed by atoms with Gasteiger partial charge < -0.3 is 9.80 Å². The number of rotatable bonds is 2. The monoisotopic (exact) mass is 346 g/mol. The van der Waals surface area contributed by atoms with Crippen LogP contribution in [0.2, 0.25) is 0 Å². The first-order chi connectivity index (χ1) is 11.7. The molecule has 2 saturated heterocycles. The standard InChI is InChI=1S/C23H42N2/c1-18(2)24-10-6-23(7-11-24)16-20(17-23)25-12-8-22(9-13-25)14-19(15-22)21(3,4)5/h18-20H,6-17H2,1-5H3. The minimum atomic E-state index is 0.535. The van der Waals surface area contributed by atoms with Gasteiger partial charge in [0.05, 0.1) is 0 Å². The number of hydrogen-bond donors (Lipinski definition) is 0. The fraction of sp³-hybridized carbons (Fsp3) is 1.00. The lowest BCUT2D eigenvalue weighted by molar-refractivity contribution is -0.0965. The van der Waals surface area contributed by atoms with Gasteiger partial charge >= 0.3 is 0 Å². The van der Waals surface area contributed by atoms with E-state index in [1.165, 1.54) is 77.5 Å². The Hall–Kier alpha value is -0.0800. The van der Waals surface area contributed by atoms with E-state index >= 15 is 0 Å². The summed E-state index contributed by atoms with van der Waals surface area (Å²) in [6.07, 6.45) is 12.0. The zero-order valence-corrected chi connectivity index (χ0v) is 17.6. The zero-order valence-electron chi connectivity index (χ0n) is 17.6. The second kappa shape index (κ2) is 6.23. The number of hydrogen-bond acceptors (Lipinski definition) is 2. The van der Waals surface area contributed by atoms with Gasteiger partial charge in [0.25, 0.3) is 0 Å². The first-order valence-corrected chi connectivity index (χ1v) is 11.2. The van der Waals surface area contributed by atoms with Gasteiger partial charge in [-0.2, -0.15) is 0 Å². The lowest BCUT2D eigenvalue weighted by atomic mass is 9.51. The van der Waals surface area contributed by atoms with Crippen LogP contribution in [-0.4, -0.2) is 48.1 Å². The smallest absolute Gasteiger partial charge is 0.0106 e. The highest BCUT2D eigenvalue weighted by molar-refractivity contribution is 5.05. The molecule has 0 aromatic heterocycles. The fourth-order valence-corrected chi connectivity index (χ4v) is 6.49. The van der Waals surface area contributed by atoms with Crippen LogP contribution < -0.4 is 0 Å². The van der Waals surface area contributed by atoms with Crippen LogP contribution in [0.5, 0.6) is 0 Å². The van der Waals surface area contributed by atoms with E-state index in [1.54, 1.807) is 0 Å². The summed E-state index contributed by atoms with van der Waals surface area (Å²) in [5.74, 6) is 0.983. The summed E-state index contributed by atoms with van der Waals surface area (Å²) in [6.45, 7) is 17.5. The minimum Gasteiger partial charge on any atom is -0.301 e. The average Bonchev–Trinajstić information content (AvgIpc) is 2.49. The predicted octanol–water partition coefficient (Wildman–Crippen LogP) is 5.18. The van der Waals surface area contributed by atoms with E-state index in [4.69, 9.17) is 0 Å². The molecule has 2 aliphatic carbocycles. The van der Waals surface area contributed by atoms with E-state index in [2.05, 4.69) is 44.4 Å². The summed E-state index contributed by atoms with van der Waals surface area (Å²) in [6, 6.07) is 1.67. The van der Waals surface area contributed by atoms with Crippen molar-refractivity contribution in [2.45, 2.75) is 98.1 Å². The summed E-state index contributed by atoms with van der Waals surface area (Å²) < 4.78 is 0. The normalized spacial score (nSPS) is 31.4. The maximum Gasteiger partial charge on any atom is 0.0106 e. The van der Waals surface area contributed by atoms with E-state index < -0.39 is 0 Å². The summed E-state index contributed by atoms with van der Waals surface area (Å²) in [4.78, 5) is 5.57. The van der Waals surface area contributed by atoms with Gasteiger partial charge in [0.1, 0.15) is 0 Å². The molecule has 25 heavy (non-hydrogen) atoms.